The Bertz CT molecular complexity index is 264. The van der Waals surface area contributed by atoms with Gasteiger partial charge in [0.15, 0.2) is 0 Å². The van der Waals surface area contributed by atoms with Crippen LogP contribution in [0.25, 0.3) is 0 Å². The molecule has 0 radical (unpaired) electrons. The van der Waals surface area contributed by atoms with Crippen molar-refractivity contribution < 1.29 is 8.42 Å². The average molecular weight is 207 g/mol. The van der Waals surface area contributed by atoms with Gasteiger partial charge in [0, 0.05) is 24.7 Å². The van der Waals surface area contributed by atoms with Gasteiger partial charge in [0.25, 0.3) is 10.2 Å². The highest BCUT2D eigenvalue weighted by Crippen LogP contribution is 2.02. The van der Waals surface area contributed by atoms with Crippen LogP contribution in [0, 0.1) is 0 Å². The summed E-state index contributed by atoms with van der Waals surface area (Å²) in [6.45, 7) is 6.86. The van der Waals surface area contributed by atoms with Crippen molar-refractivity contribution in [2.75, 3.05) is 13.1 Å². The van der Waals surface area contributed by atoms with Gasteiger partial charge in [0.05, 0.1) is 0 Å². The average Bonchev–Trinajstić information content (AvgIpc) is 1.73. The van der Waals surface area contributed by atoms with Crippen LogP contribution >= 0.6 is 0 Å². The van der Waals surface area contributed by atoms with E-state index in [1.807, 2.05) is 20.8 Å². The van der Waals surface area contributed by atoms with Crippen LogP contribution in [0.4, 0.5) is 0 Å². The van der Waals surface area contributed by atoms with Gasteiger partial charge in [-0.2, -0.15) is 17.9 Å². The Morgan fingerprint density at radius 2 is 1.85 bits per heavy atom. The van der Waals surface area contributed by atoms with Crippen LogP contribution in [-0.2, 0) is 10.2 Å². The first-order valence-electron chi connectivity index (χ1n) is 4.30. The van der Waals surface area contributed by atoms with Gasteiger partial charge in [-0.05, 0) is 20.8 Å². The molecule has 1 aliphatic heterocycles. The van der Waals surface area contributed by atoms with Crippen LogP contribution < -0.4 is 14.8 Å². The molecule has 0 atom stereocenters. The molecule has 0 aliphatic carbocycles. The summed E-state index contributed by atoms with van der Waals surface area (Å²) in [7, 11) is -3.34. The molecular formula is C7H17N3O2S. The first-order chi connectivity index (χ1) is 5.79. The van der Waals surface area contributed by atoms with Gasteiger partial charge < -0.3 is 5.32 Å². The van der Waals surface area contributed by atoms with Gasteiger partial charge in [-0.1, -0.05) is 0 Å². The predicted octanol–water partition coefficient (Wildman–Crippen LogP) is -0.819. The molecule has 13 heavy (non-hydrogen) atoms. The summed E-state index contributed by atoms with van der Waals surface area (Å²) in [6.07, 6.45) is 0. The maximum absolute atomic E-state index is 11.4. The molecule has 0 saturated carbocycles. The lowest BCUT2D eigenvalue weighted by Crippen LogP contribution is -2.60. The van der Waals surface area contributed by atoms with E-state index in [4.69, 9.17) is 0 Å². The number of hydrogen-bond acceptors (Lipinski definition) is 3. The highest BCUT2D eigenvalue weighted by Gasteiger charge is 2.25. The van der Waals surface area contributed by atoms with Crippen LogP contribution in [-0.4, -0.2) is 33.1 Å². The van der Waals surface area contributed by atoms with Crippen LogP contribution in [0.3, 0.4) is 0 Å². The number of nitrogens with one attached hydrogen (secondary N) is 3. The third kappa shape index (κ3) is 4.04. The molecule has 5 nitrogen and oxygen atoms in total. The van der Waals surface area contributed by atoms with E-state index in [9.17, 15) is 8.42 Å². The van der Waals surface area contributed by atoms with Crippen molar-refractivity contribution in [1.29, 1.82) is 0 Å². The molecule has 78 valence electrons. The molecule has 0 bridgehead atoms. The summed E-state index contributed by atoms with van der Waals surface area (Å²) in [5.41, 5.74) is -0.428. The van der Waals surface area contributed by atoms with Crippen LogP contribution in [0.15, 0.2) is 0 Å². The minimum absolute atomic E-state index is 0.0415. The van der Waals surface area contributed by atoms with Gasteiger partial charge in [-0.3, -0.25) is 0 Å². The van der Waals surface area contributed by atoms with E-state index in [1.54, 1.807) is 0 Å². The largest absolute Gasteiger partial charge is 0.313 e. The second kappa shape index (κ2) is 3.53. The van der Waals surface area contributed by atoms with E-state index in [1.165, 1.54) is 0 Å². The SMILES string of the molecule is CC(C)(C)NS(=O)(=O)NC1CNC1. The fourth-order valence-electron chi connectivity index (χ4n) is 1.02. The van der Waals surface area contributed by atoms with Crippen molar-refractivity contribution >= 4 is 10.2 Å². The van der Waals surface area contributed by atoms with E-state index in [0.717, 1.165) is 0 Å². The van der Waals surface area contributed by atoms with Crippen LogP contribution in [0.1, 0.15) is 20.8 Å². The Balaban J connectivity index is 2.46. The van der Waals surface area contributed by atoms with Gasteiger partial charge in [0.1, 0.15) is 0 Å². The first-order valence-corrected chi connectivity index (χ1v) is 5.79. The van der Waals surface area contributed by atoms with Crippen molar-refractivity contribution in [3.8, 4) is 0 Å². The highest BCUT2D eigenvalue weighted by atomic mass is 32.2. The summed E-state index contributed by atoms with van der Waals surface area (Å²) in [6, 6.07) is 0.0415. The van der Waals surface area contributed by atoms with E-state index in [-0.39, 0.29) is 6.04 Å². The molecule has 6 heteroatoms. The van der Waals surface area contributed by atoms with Gasteiger partial charge in [0.2, 0.25) is 0 Å². The van der Waals surface area contributed by atoms with Crippen molar-refractivity contribution in [2.24, 2.45) is 0 Å². The van der Waals surface area contributed by atoms with Crippen LogP contribution in [0.5, 0.6) is 0 Å². The third-order valence-corrected chi connectivity index (χ3v) is 3.07. The monoisotopic (exact) mass is 207 g/mol. The zero-order chi connectivity index (χ0) is 10.1. The Labute approximate surface area is 79.5 Å². The minimum Gasteiger partial charge on any atom is -0.313 e. The van der Waals surface area contributed by atoms with E-state index >= 15 is 0 Å². The standard InChI is InChI=1S/C7H17N3O2S/c1-7(2,3)10-13(11,12)9-6-4-8-5-6/h6,8-10H,4-5H2,1-3H3. The lowest BCUT2D eigenvalue weighted by atomic mass is 10.1. The number of rotatable bonds is 3. The predicted molar refractivity (Wildman–Crippen MR) is 51.6 cm³/mol. The minimum atomic E-state index is -3.34. The quantitative estimate of drug-likeness (QED) is 0.566. The summed E-state index contributed by atoms with van der Waals surface area (Å²) >= 11 is 0. The Kier molecular flexibility index (Phi) is 2.96. The normalized spacial score (nSPS) is 19.9. The van der Waals surface area contributed by atoms with Gasteiger partial charge >= 0.3 is 0 Å². The molecule has 3 N–H and O–H groups in total. The number of hydrogen-bond donors (Lipinski definition) is 3. The van der Waals surface area contributed by atoms with Crippen molar-refractivity contribution in [2.45, 2.75) is 32.4 Å². The molecule has 1 heterocycles. The molecule has 0 amide bonds. The van der Waals surface area contributed by atoms with E-state index in [2.05, 4.69) is 14.8 Å². The molecule has 0 spiro atoms. The van der Waals surface area contributed by atoms with E-state index in [0.29, 0.717) is 13.1 Å². The van der Waals surface area contributed by atoms with Crippen molar-refractivity contribution in [1.82, 2.24) is 14.8 Å². The molecule has 0 unspecified atom stereocenters. The fraction of sp³-hybridized carbons (Fsp3) is 1.00. The Morgan fingerprint density at radius 1 is 1.31 bits per heavy atom. The van der Waals surface area contributed by atoms with Gasteiger partial charge in [-0.25, -0.2) is 0 Å². The van der Waals surface area contributed by atoms with Crippen molar-refractivity contribution in [3.05, 3.63) is 0 Å². The molecule has 0 aromatic heterocycles. The lowest BCUT2D eigenvalue weighted by Gasteiger charge is -2.29. The van der Waals surface area contributed by atoms with Crippen molar-refractivity contribution in [3.63, 3.8) is 0 Å². The maximum atomic E-state index is 11.4. The summed E-state index contributed by atoms with van der Waals surface area (Å²) < 4.78 is 27.9. The molecular weight excluding hydrogens is 190 g/mol. The molecule has 1 fully saturated rings. The highest BCUT2D eigenvalue weighted by molar-refractivity contribution is 7.87. The summed E-state index contributed by atoms with van der Waals surface area (Å²) in [5, 5.41) is 2.99. The smallest absolute Gasteiger partial charge is 0.277 e. The Hall–Kier alpha value is -0.170. The molecule has 0 aromatic rings. The second-order valence-corrected chi connectivity index (χ2v) is 5.78. The molecule has 1 aliphatic rings. The maximum Gasteiger partial charge on any atom is 0.277 e. The molecule has 0 aromatic carbocycles. The summed E-state index contributed by atoms with van der Waals surface area (Å²) in [4.78, 5) is 0. The third-order valence-electron chi connectivity index (χ3n) is 1.54. The van der Waals surface area contributed by atoms with E-state index < -0.39 is 15.7 Å². The topological polar surface area (TPSA) is 70.2 Å². The second-order valence-electron chi connectivity index (χ2n) is 4.33. The molecule has 1 rings (SSSR count). The Morgan fingerprint density at radius 3 is 2.15 bits per heavy atom. The fourth-order valence-corrected chi connectivity index (χ4v) is 2.49. The van der Waals surface area contributed by atoms with Crippen LogP contribution in [0.2, 0.25) is 0 Å². The first kappa shape index (κ1) is 10.9. The summed E-state index contributed by atoms with van der Waals surface area (Å²) in [5.74, 6) is 0. The lowest BCUT2D eigenvalue weighted by molar-refractivity contribution is 0.400. The molecule has 1 saturated heterocycles. The zero-order valence-corrected chi connectivity index (χ0v) is 9.03. The zero-order valence-electron chi connectivity index (χ0n) is 8.22. The van der Waals surface area contributed by atoms with Gasteiger partial charge in [-0.15, -0.1) is 0 Å².